The summed E-state index contributed by atoms with van der Waals surface area (Å²) in [4.78, 5) is 2.34. The van der Waals surface area contributed by atoms with E-state index in [0.717, 1.165) is 42.9 Å². The molecule has 1 fully saturated rings. The molecule has 1 saturated heterocycles. The molecule has 1 heterocycles. The SMILES string of the molecule is CN1CCN(NCCOc2ccc(Br)cc2)CC1. The molecule has 0 atom stereocenters. The predicted molar refractivity (Wildman–Crippen MR) is 76.7 cm³/mol. The van der Waals surface area contributed by atoms with Crippen molar-refractivity contribution in [3.8, 4) is 5.75 Å². The molecule has 2 rings (SSSR count). The number of rotatable bonds is 5. The monoisotopic (exact) mass is 313 g/mol. The first-order valence-electron chi connectivity index (χ1n) is 6.29. The van der Waals surface area contributed by atoms with Gasteiger partial charge >= 0.3 is 0 Å². The highest BCUT2D eigenvalue weighted by Crippen LogP contribution is 2.15. The van der Waals surface area contributed by atoms with Crippen molar-refractivity contribution in [3.63, 3.8) is 0 Å². The van der Waals surface area contributed by atoms with Crippen LogP contribution in [0.2, 0.25) is 0 Å². The number of hydrogen-bond acceptors (Lipinski definition) is 4. The highest BCUT2D eigenvalue weighted by atomic mass is 79.9. The van der Waals surface area contributed by atoms with E-state index in [1.807, 2.05) is 24.3 Å². The summed E-state index contributed by atoms with van der Waals surface area (Å²) in [7, 11) is 2.16. The Morgan fingerprint density at radius 1 is 1.17 bits per heavy atom. The van der Waals surface area contributed by atoms with Crippen LogP contribution < -0.4 is 10.2 Å². The molecule has 0 spiro atoms. The van der Waals surface area contributed by atoms with Crippen LogP contribution in [0.25, 0.3) is 0 Å². The highest BCUT2D eigenvalue weighted by molar-refractivity contribution is 9.10. The molecule has 18 heavy (non-hydrogen) atoms. The smallest absolute Gasteiger partial charge is 0.119 e. The molecule has 0 amide bonds. The minimum atomic E-state index is 0.688. The number of benzene rings is 1. The molecule has 0 aliphatic carbocycles. The third-order valence-corrected chi connectivity index (χ3v) is 3.55. The van der Waals surface area contributed by atoms with Crippen molar-refractivity contribution < 1.29 is 4.74 Å². The van der Waals surface area contributed by atoms with Crippen LogP contribution in [-0.4, -0.2) is 56.3 Å². The van der Waals surface area contributed by atoms with E-state index < -0.39 is 0 Å². The summed E-state index contributed by atoms with van der Waals surface area (Å²) in [5, 5.41) is 2.27. The summed E-state index contributed by atoms with van der Waals surface area (Å²) >= 11 is 3.41. The van der Waals surface area contributed by atoms with Crippen LogP contribution >= 0.6 is 15.9 Å². The Bertz CT molecular complexity index is 350. The van der Waals surface area contributed by atoms with Gasteiger partial charge in [0.15, 0.2) is 0 Å². The van der Waals surface area contributed by atoms with Gasteiger partial charge in [0.1, 0.15) is 12.4 Å². The van der Waals surface area contributed by atoms with Crippen LogP contribution in [0, 0.1) is 0 Å². The molecule has 100 valence electrons. The van der Waals surface area contributed by atoms with Crippen molar-refractivity contribution in [2.45, 2.75) is 0 Å². The van der Waals surface area contributed by atoms with E-state index in [0.29, 0.717) is 6.61 Å². The lowest BCUT2D eigenvalue weighted by Gasteiger charge is -2.32. The Hall–Kier alpha value is -0.620. The maximum Gasteiger partial charge on any atom is 0.119 e. The van der Waals surface area contributed by atoms with Gasteiger partial charge in [-0.1, -0.05) is 15.9 Å². The maximum absolute atomic E-state index is 5.65. The highest BCUT2D eigenvalue weighted by Gasteiger charge is 2.12. The van der Waals surface area contributed by atoms with Gasteiger partial charge in [-0.2, -0.15) is 0 Å². The van der Waals surface area contributed by atoms with Crippen LogP contribution in [0.4, 0.5) is 0 Å². The molecule has 0 radical (unpaired) electrons. The van der Waals surface area contributed by atoms with E-state index in [4.69, 9.17) is 4.74 Å². The number of ether oxygens (including phenoxy) is 1. The fourth-order valence-electron chi connectivity index (χ4n) is 1.87. The second-order valence-corrected chi connectivity index (χ2v) is 5.42. The van der Waals surface area contributed by atoms with Crippen molar-refractivity contribution in [1.82, 2.24) is 15.3 Å². The summed E-state index contributed by atoms with van der Waals surface area (Å²) in [6.45, 7) is 5.94. The number of nitrogens with one attached hydrogen (secondary N) is 1. The normalized spacial score (nSPS) is 17.9. The van der Waals surface area contributed by atoms with Gasteiger partial charge in [-0.3, -0.25) is 5.43 Å². The third-order valence-electron chi connectivity index (χ3n) is 3.02. The van der Waals surface area contributed by atoms with Gasteiger partial charge < -0.3 is 9.64 Å². The van der Waals surface area contributed by atoms with Crippen molar-refractivity contribution in [3.05, 3.63) is 28.7 Å². The summed E-state index contributed by atoms with van der Waals surface area (Å²) in [6.07, 6.45) is 0. The maximum atomic E-state index is 5.65. The van der Waals surface area contributed by atoms with E-state index in [1.165, 1.54) is 0 Å². The average molecular weight is 314 g/mol. The molecule has 1 aromatic carbocycles. The summed E-state index contributed by atoms with van der Waals surface area (Å²) in [6, 6.07) is 7.92. The average Bonchev–Trinajstić information content (AvgIpc) is 2.39. The van der Waals surface area contributed by atoms with Gasteiger partial charge in [-0.25, -0.2) is 5.01 Å². The molecule has 1 N–H and O–H groups in total. The minimum absolute atomic E-state index is 0.688. The van der Waals surface area contributed by atoms with E-state index in [9.17, 15) is 0 Å². The first kappa shape index (κ1) is 13.8. The summed E-state index contributed by atoms with van der Waals surface area (Å²) < 4.78 is 6.73. The summed E-state index contributed by atoms with van der Waals surface area (Å²) in [5.41, 5.74) is 3.40. The van der Waals surface area contributed by atoms with Gasteiger partial charge in [0, 0.05) is 37.2 Å². The topological polar surface area (TPSA) is 27.7 Å². The second kappa shape index (κ2) is 7.09. The third kappa shape index (κ3) is 4.57. The van der Waals surface area contributed by atoms with Gasteiger partial charge in [-0.15, -0.1) is 0 Å². The number of nitrogens with zero attached hydrogens (tertiary/aromatic N) is 2. The zero-order valence-corrected chi connectivity index (χ0v) is 12.3. The van der Waals surface area contributed by atoms with E-state index in [2.05, 4.69) is 38.3 Å². The zero-order chi connectivity index (χ0) is 12.8. The molecule has 0 aromatic heterocycles. The molecular weight excluding hydrogens is 294 g/mol. The number of halogens is 1. The van der Waals surface area contributed by atoms with Crippen LogP contribution in [0.15, 0.2) is 28.7 Å². The lowest BCUT2D eigenvalue weighted by atomic mass is 10.3. The molecule has 0 bridgehead atoms. The Morgan fingerprint density at radius 2 is 1.83 bits per heavy atom. The zero-order valence-electron chi connectivity index (χ0n) is 10.7. The molecule has 0 saturated carbocycles. The fourth-order valence-corrected chi connectivity index (χ4v) is 2.13. The molecule has 1 aliphatic rings. The van der Waals surface area contributed by atoms with Crippen LogP contribution in [-0.2, 0) is 0 Å². The molecule has 5 heteroatoms. The molecule has 1 aliphatic heterocycles. The molecular formula is C13H20BrN3O. The first-order valence-corrected chi connectivity index (χ1v) is 7.09. The number of piperazine rings is 1. The van der Waals surface area contributed by atoms with Crippen molar-refractivity contribution in [2.75, 3.05) is 46.4 Å². The first-order chi connectivity index (χ1) is 8.74. The Balaban J connectivity index is 1.60. The number of likely N-dealkylation sites (N-methyl/N-ethyl adjacent to an activating group) is 1. The summed E-state index contributed by atoms with van der Waals surface area (Å²) in [5.74, 6) is 0.915. The van der Waals surface area contributed by atoms with E-state index >= 15 is 0 Å². The number of hydrogen-bond donors (Lipinski definition) is 1. The van der Waals surface area contributed by atoms with Gasteiger partial charge in [0.05, 0.1) is 0 Å². The van der Waals surface area contributed by atoms with Crippen molar-refractivity contribution in [1.29, 1.82) is 0 Å². The van der Waals surface area contributed by atoms with Crippen LogP contribution in [0.5, 0.6) is 5.75 Å². The van der Waals surface area contributed by atoms with Crippen molar-refractivity contribution in [2.24, 2.45) is 0 Å². The quantitative estimate of drug-likeness (QED) is 0.835. The number of hydrazine groups is 1. The second-order valence-electron chi connectivity index (χ2n) is 4.50. The molecule has 1 aromatic rings. The Morgan fingerprint density at radius 3 is 2.50 bits per heavy atom. The van der Waals surface area contributed by atoms with Gasteiger partial charge in [-0.05, 0) is 31.3 Å². The van der Waals surface area contributed by atoms with Gasteiger partial charge in [0.2, 0.25) is 0 Å². The van der Waals surface area contributed by atoms with Crippen LogP contribution in [0.3, 0.4) is 0 Å². The minimum Gasteiger partial charge on any atom is -0.492 e. The van der Waals surface area contributed by atoms with Crippen molar-refractivity contribution >= 4 is 15.9 Å². The van der Waals surface area contributed by atoms with E-state index in [-0.39, 0.29) is 0 Å². The molecule has 0 unspecified atom stereocenters. The van der Waals surface area contributed by atoms with E-state index in [1.54, 1.807) is 0 Å². The lowest BCUT2D eigenvalue weighted by molar-refractivity contribution is 0.0979. The fraction of sp³-hybridized carbons (Fsp3) is 0.538. The lowest BCUT2D eigenvalue weighted by Crippen LogP contribution is -2.51. The Labute approximate surface area is 117 Å². The largest absolute Gasteiger partial charge is 0.492 e. The van der Waals surface area contributed by atoms with Gasteiger partial charge in [0.25, 0.3) is 0 Å². The standard InChI is InChI=1S/C13H20BrN3O/c1-16-7-9-17(10-8-16)15-6-11-18-13-4-2-12(14)3-5-13/h2-5,15H,6-11H2,1H3. The predicted octanol–water partition coefficient (Wildman–Crippen LogP) is 1.58. The molecule has 4 nitrogen and oxygen atoms in total. The Kier molecular flexibility index (Phi) is 5.44. The van der Waals surface area contributed by atoms with Crippen LogP contribution in [0.1, 0.15) is 0 Å².